The molecule has 1 amide bonds. The molecule has 3 aromatic carbocycles. The summed E-state index contributed by atoms with van der Waals surface area (Å²) in [5.74, 6) is -0.390. The summed E-state index contributed by atoms with van der Waals surface area (Å²) in [6, 6.07) is 15.9. The minimum atomic E-state index is -4.99. The van der Waals surface area contributed by atoms with Crippen molar-refractivity contribution in [3.05, 3.63) is 105 Å². The molecule has 1 atom stereocenters. The molecule has 2 aliphatic heterocycles. The lowest BCUT2D eigenvalue weighted by Gasteiger charge is -2.40. The molecular weight excluding hydrogens is 629 g/mol. The highest BCUT2D eigenvalue weighted by atomic mass is 35.5. The van der Waals surface area contributed by atoms with Crippen molar-refractivity contribution in [3.63, 3.8) is 0 Å². The molecule has 0 aromatic heterocycles. The number of aliphatic hydroxyl groups is 1. The van der Waals surface area contributed by atoms with E-state index in [0.29, 0.717) is 61.6 Å². The summed E-state index contributed by atoms with van der Waals surface area (Å²) in [7, 11) is 0. The zero-order valence-electron chi connectivity index (χ0n) is 23.5. The molecule has 12 heteroatoms. The van der Waals surface area contributed by atoms with Crippen molar-refractivity contribution in [2.75, 3.05) is 26.2 Å². The van der Waals surface area contributed by atoms with Gasteiger partial charge in [-0.1, -0.05) is 59.6 Å². The largest absolute Gasteiger partial charge is 0.416 e. The summed E-state index contributed by atoms with van der Waals surface area (Å²) >= 11 is 12.5. The van der Waals surface area contributed by atoms with Crippen LogP contribution in [0, 0.1) is 0 Å². The number of amides is 1. The van der Waals surface area contributed by atoms with Crippen LogP contribution in [-0.2, 0) is 34.7 Å². The zero-order chi connectivity index (χ0) is 31.9. The van der Waals surface area contributed by atoms with Crippen LogP contribution in [0.5, 0.6) is 0 Å². The second-order valence-corrected chi connectivity index (χ2v) is 12.6. The number of piperidine rings is 1. The van der Waals surface area contributed by atoms with Gasteiger partial charge in [-0.2, -0.15) is 26.3 Å². The van der Waals surface area contributed by atoms with Crippen LogP contribution < -0.4 is 0 Å². The lowest BCUT2D eigenvalue weighted by atomic mass is 9.76. The molecule has 2 heterocycles. The third-order valence-electron chi connectivity index (χ3n) is 8.79. The van der Waals surface area contributed by atoms with Crippen LogP contribution in [0.2, 0.25) is 10.0 Å². The molecule has 2 aliphatic rings. The molecule has 0 radical (unpaired) electrons. The third-order valence-corrected chi connectivity index (χ3v) is 9.53. The Balaban J connectivity index is 1.37. The van der Waals surface area contributed by atoms with Crippen molar-refractivity contribution in [1.29, 1.82) is 0 Å². The molecule has 0 bridgehead atoms. The minimum Gasteiger partial charge on any atom is -0.385 e. The van der Waals surface area contributed by atoms with Gasteiger partial charge in [0.1, 0.15) is 0 Å². The van der Waals surface area contributed by atoms with Crippen molar-refractivity contribution < 1.29 is 36.2 Å². The fourth-order valence-electron chi connectivity index (χ4n) is 6.27. The fourth-order valence-corrected chi connectivity index (χ4v) is 6.57. The first-order chi connectivity index (χ1) is 20.6. The lowest BCUT2D eigenvalue weighted by molar-refractivity contribution is -0.143. The van der Waals surface area contributed by atoms with Crippen molar-refractivity contribution in [1.82, 2.24) is 9.80 Å². The highest BCUT2D eigenvalue weighted by Crippen LogP contribution is 2.43. The summed E-state index contributed by atoms with van der Waals surface area (Å²) in [5, 5.41) is 11.8. The summed E-state index contributed by atoms with van der Waals surface area (Å²) in [6.07, 6.45) is -8.49. The van der Waals surface area contributed by atoms with E-state index in [9.17, 15) is 36.2 Å². The molecular formula is C32H30Cl2F6N2O2. The zero-order valence-corrected chi connectivity index (χ0v) is 25.0. The molecule has 1 N–H and O–H groups in total. The Morgan fingerprint density at radius 2 is 1.41 bits per heavy atom. The van der Waals surface area contributed by atoms with Gasteiger partial charge in [0, 0.05) is 38.0 Å². The van der Waals surface area contributed by atoms with E-state index in [1.165, 1.54) is 4.90 Å². The fraction of sp³-hybridized carbons (Fsp3) is 0.406. The number of carbonyl (C=O) groups excluding carboxylic acids is 1. The number of hydrogen-bond acceptors (Lipinski definition) is 3. The van der Waals surface area contributed by atoms with Crippen LogP contribution in [0.3, 0.4) is 0 Å². The molecule has 0 aliphatic carbocycles. The van der Waals surface area contributed by atoms with E-state index in [0.717, 1.165) is 5.56 Å². The second kappa shape index (κ2) is 12.2. The average Bonchev–Trinajstić information content (AvgIpc) is 3.29. The van der Waals surface area contributed by atoms with Gasteiger partial charge in [-0.3, -0.25) is 4.79 Å². The molecule has 4 nitrogen and oxygen atoms in total. The number of likely N-dealkylation sites (tertiary alicyclic amines) is 2. The molecule has 3 aromatic rings. The van der Waals surface area contributed by atoms with Gasteiger partial charge in [0.05, 0.1) is 26.8 Å². The Labute approximate surface area is 261 Å². The first-order valence-electron chi connectivity index (χ1n) is 14.1. The van der Waals surface area contributed by atoms with Gasteiger partial charge in [-0.15, -0.1) is 0 Å². The van der Waals surface area contributed by atoms with Crippen LogP contribution in [0.25, 0.3) is 0 Å². The highest BCUT2D eigenvalue weighted by Gasteiger charge is 2.45. The van der Waals surface area contributed by atoms with Gasteiger partial charge in [0.15, 0.2) is 0 Å². The number of benzene rings is 3. The summed E-state index contributed by atoms with van der Waals surface area (Å²) in [5.41, 5.74) is -3.31. The van der Waals surface area contributed by atoms with E-state index in [-0.39, 0.29) is 35.5 Å². The molecule has 236 valence electrons. The van der Waals surface area contributed by atoms with Gasteiger partial charge in [0.25, 0.3) is 0 Å². The third kappa shape index (κ3) is 7.03. The van der Waals surface area contributed by atoms with E-state index in [1.807, 2.05) is 30.3 Å². The molecule has 0 saturated carbocycles. The van der Waals surface area contributed by atoms with Crippen LogP contribution in [0.15, 0.2) is 66.7 Å². The average molecular weight is 659 g/mol. The van der Waals surface area contributed by atoms with Crippen LogP contribution in [0.4, 0.5) is 26.3 Å². The topological polar surface area (TPSA) is 43.8 Å². The summed E-state index contributed by atoms with van der Waals surface area (Å²) < 4.78 is 80.8. The van der Waals surface area contributed by atoms with Crippen molar-refractivity contribution in [2.45, 2.75) is 55.6 Å². The van der Waals surface area contributed by atoms with E-state index < -0.39 is 41.0 Å². The van der Waals surface area contributed by atoms with Crippen LogP contribution in [-0.4, -0.2) is 47.0 Å². The number of alkyl halides is 6. The lowest BCUT2D eigenvalue weighted by Crippen LogP contribution is -2.44. The monoisotopic (exact) mass is 658 g/mol. The maximum atomic E-state index is 13.5. The smallest absolute Gasteiger partial charge is 0.385 e. The Morgan fingerprint density at radius 3 is 1.98 bits per heavy atom. The Kier molecular flexibility index (Phi) is 9.03. The van der Waals surface area contributed by atoms with Crippen molar-refractivity contribution >= 4 is 29.1 Å². The first kappa shape index (κ1) is 32.6. The first-order valence-corrected chi connectivity index (χ1v) is 14.9. The van der Waals surface area contributed by atoms with Crippen LogP contribution in [0.1, 0.15) is 53.5 Å². The molecule has 0 spiro atoms. The van der Waals surface area contributed by atoms with Crippen molar-refractivity contribution in [3.8, 4) is 0 Å². The maximum Gasteiger partial charge on any atom is 0.416 e. The van der Waals surface area contributed by atoms with E-state index in [1.54, 1.807) is 18.2 Å². The number of carbonyl (C=O) groups is 1. The highest BCUT2D eigenvalue weighted by molar-refractivity contribution is 6.42. The predicted octanol–water partition coefficient (Wildman–Crippen LogP) is 8.08. The van der Waals surface area contributed by atoms with Crippen LogP contribution >= 0.6 is 23.2 Å². The normalized spacial score (nSPS) is 21.2. The molecule has 44 heavy (non-hydrogen) atoms. The number of halogens is 8. The quantitative estimate of drug-likeness (QED) is 0.261. The van der Waals surface area contributed by atoms with Gasteiger partial charge in [-0.05, 0) is 72.8 Å². The second-order valence-electron chi connectivity index (χ2n) is 11.7. The number of nitrogens with zero attached hydrogens (tertiary/aromatic N) is 2. The maximum absolute atomic E-state index is 13.5. The molecule has 2 saturated heterocycles. The Bertz CT molecular complexity index is 1470. The van der Waals surface area contributed by atoms with Gasteiger partial charge >= 0.3 is 12.4 Å². The summed E-state index contributed by atoms with van der Waals surface area (Å²) in [4.78, 5) is 16.8. The van der Waals surface area contributed by atoms with Crippen molar-refractivity contribution in [2.24, 2.45) is 0 Å². The predicted molar refractivity (Wildman–Crippen MR) is 155 cm³/mol. The number of rotatable bonds is 7. The standard InChI is InChI=1S/C32H30Cl2F6N2O2/c33-26-7-6-23(17-27(26)34)29(8-11-41-12-9-30(44,10-13-41)22-4-2-1-3-5-22)18-28(43)42(20-29)19-21-14-24(31(35,36)37)16-25(15-21)32(38,39)40/h1-7,14-17,44H,8-13,18-20H2. The van der Waals surface area contributed by atoms with E-state index >= 15 is 0 Å². The molecule has 2 fully saturated rings. The minimum absolute atomic E-state index is 0.00214. The Hall–Kier alpha value is -2.79. The SMILES string of the molecule is O=C1CC(CCN2CCC(O)(c3ccccc3)CC2)(c2ccc(Cl)c(Cl)c2)CN1Cc1cc(C(F)(F)F)cc(C(F)(F)F)c1. The van der Waals surface area contributed by atoms with E-state index in [4.69, 9.17) is 23.2 Å². The van der Waals surface area contributed by atoms with Gasteiger partial charge < -0.3 is 14.9 Å². The Morgan fingerprint density at radius 1 is 0.795 bits per heavy atom. The van der Waals surface area contributed by atoms with Gasteiger partial charge in [-0.25, -0.2) is 0 Å². The van der Waals surface area contributed by atoms with Gasteiger partial charge in [0.2, 0.25) is 5.91 Å². The van der Waals surface area contributed by atoms with E-state index in [2.05, 4.69) is 4.90 Å². The number of hydrogen-bond donors (Lipinski definition) is 1. The summed E-state index contributed by atoms with van der Waals surface area (Å²) in [6.45, 7) is 1.41. The molecule has 5 rings (SSSR count). The molecule has 1 unspecified atom stereocenters.